The molecule has 2 atom stereocenters. The quantitative estimate of drug-likeness (QED) is 0.749. The minimum atomic E-state index is 0.479. The molecule has 1 saturated heterocycles. The first kappa shape index (κ1) is 10.5. The van der Waals surface area contributed by atoms with Gasteiger partial charge >= 0.3 is 0 Å². The van der Waals surface area contributed by atoms with Gasteiger partial charge in [0.25, 0.3) is 0 Å². The molecule has 5 heteroatoms. The molecule has 2 heterocycles. The summed E-state index contributed by atoms with van der Waals surface area (Å²) in [5.41, 5.74) is 0.577. The number of aromatic nitrogens is 1. The van der Waals surface area contributed by atoms with Crippen molar-refractivity contribution in [3.05, 3.63) is 16.1 Å². The molecule has 1 aliphatic rings. The third-order valence-corrected chi connectivity index (χ3v) is 6.29. The topological polar surface area (TPSA) is 30.0 Å². The Bertz CT molecular complexity index is 326. The van der Waals surface area contributed by atoms with Crippen LogP contribution in [0.4, 0.5) is 0 Å². The van der Waals surface area contributed by atoms with E-state index in [0.717, 1.165) is 11.3 Å². The lowest BCUT2D eigenvalue weighted by Gasteiger charge is -2.25. The normalized spacial score (nSPS) is 27.5. The van der Waals surface area contributed by atoms with Crippen LogP contribution in [0.15, 0.2) is 5.38 Å². The van der Waals surface area contributed by atoms with Crippen LogP contribution < -0.4 is 0 Å². The summed E-state index contributed by atoms with van der Waals surface area (Å²) in [6, 6.07) is 0. The molecule has 0 aromatic carbocycles. The fourth-order valence-electron chi connectivity index (χ4n) is 1.39. The third kappa shape index (κ3) is 2.15. The summed E-state index contributed by atoms with van der Waals surface area (Å²) in [7, 11) is 0. The van der Waals surface area contributed by atoms with E-state index in [0.29, 0.717) is 16.2 Å². The van der Waals surface area contributed by atoms with E-state index in [9.17, 15) is 4.79 Å². The lowest BCUT2D eigenvalue weighted by Crippen LogP contribution is -2.15. The Morgan fingerprint density at radius 1 is 1.50 bits per heavy atom. The van der Waals surface area contributed by atoms with Gasteiger partial charge in [-0.25, -0.2) is 4.98 Å². The van der Waals surface area contributed by atoms with Crippen molar-refractivity contribution in [3.63, 3.8) is 0 Å². The Labute approximate surface area is 95.9 Å². The summed E-state index contributed by atoms with van der Waals surface area (Å²) < 4.78 is 0. The van der Waals surface area contributed by atoms with E-state index in [4.69, 9.17) is 0 Å². The zero-order chi connectivity index (χ0) is 9.97. The number of carbonyl (C=O) groups is 1. The molecule has 1 aliphatic heterocycles. The first-order chi connectivity index (χ1) is 6.81. The Balaban J connectivity index is 2.16. The first-order valence-corrected chi connectivity index (χ1v) is 7.43. The van der Waals surface area contributed by atoms with Crippen molar-refractivity contribution in [1.82, 2.24) is 4.98 Å². The van der Waals surface area contributed by atoms with Crippen LogP contribution in [0.5, 0.6) is 0 Å². The zero-order valence-corrected chi connectivity index (χ0v) is 10.3. The molecule has 1 fully saturated rings. The monoisotopic (exact) mass is 245 g/mol. The van der Waals surface area contributed by atoms with Gasteiger partial charge in [0.2, 0.25) is 0 Å². The summed E-state index contributed by atoms with van der Waals surface area (Å²) in [6.45, 7) is 2.24. The number of thioether (sulfide) groups is 2. The molecular formula is C9H11NOS3. The van der Waals surface area contributed by atoms with E-state index in [1.165, 1.54) is 11.5 Å². The highest BCUT2D eigenvalue weighted by Gasteiger charge is 2.26. The largest absolute Gasteiger partial charge is 0.296 e. The lowest BCUT2D eigenvalue weighted by molar-refractivity contribution is 0.111. The van der Waals surface area contributed by atoms with Crippen LogP contribution in [0.2, 0.25) is 0 Å². The molecule has 0 N–H and O–H groups in total. The van der Waals surface area contributed by atoms with Crippen molar-refractivity contribution in [2.24, 2.45) is 0 Å². The molecule has 0 aliphatic carbocycles. The van der Waals surface area contributed by atoms with E-state index in [-0.39, 0.29) is 0 Å². The van der Waals surface area contributed by atoms with Gasteiger partial charge in [-0.2, -0.15) is 11.8 Å². The van der Waals surface area contributed by atoms with Crippen molar-refractivity contribution < 1.29 is 4.79 Å². The minimum Gasteiger partial charge on any atom is -0.296 e. The van der Waals surface area contributed by atoms with Gasteiger partial charge in [0, 0.05) is 22.1 Å². The second-order valence-corrected chi connectivity index (χ2v) is 6.72. The summed E-state index contributed by atoms with van der Waals surface area (Å²) in [5, 5.41) is 4.04. The van der Waals surface area contributed by atoms with E-state index in [2.05, 4.69) is 11.9 Å². The molecule has 0 radical (unpaired) electrons. The molecule has 0 amide bonds. The van der Waals surface area contributed by atoms with Crippen LogP contribution in [0, 0.1) is 0 Å². The Morgan fingerprint density at radius 3 is 2.93 bits per heavy atom. The van der Waals surface area contributed by atoms with Crippen LogP contribution in [-0.4, -0.2) is 28.0 Å². The zero-order valence-electron chi connectivity index (χ0n) is 7.80. The van der Waals surface area contributed by atoms with E-state index in [1.807, 2.05) is 28.9 Å². The predicted molar refractivity (Wildman–Crippen MR) is 64.6 cm³/mol. The number of nitrogens with zero attached hydrogens (tertiary/aromatic N) is 1. The van der Waals surface area contributed by atoms with Crippen LogP contribution in [0.3, 0.4) is 0 Å². The van der Waals surface area contributed by atoms with Gasteiger partial charge in [-0.15, -0.1) is 23.1 Å². The van der Waals surface area contributed by atoms with Gasteiger partial charge in [0.15, 0.2) is 6.29 Å². The van der Waals surface area contributed by atoms with Crippen LogP contribution >= 0.6 is 34.9 Å². The maximum Gasteiger partial charge on any atom is 0.169 e. The SMILES string of the molecule is CC1SCCSC1c1nc(C=O)cs1. The fraction of sp³-hybridized carbons (Fsp3) is 0.556. The maximum atomic E-state index is 10.5. The Kier molecular flexibility index (Phi) is 3.52. The van der Waals surface area contributed by atoms with Crippen LogP contribution in [0.1, 0.15) is 27.7 Å². The summed E-state index contributed by atoms with van der Waals surface area (Å²) in [5.74, 6) is 2.42. The Morgan fingerprint density at radius 2 is 2.29 bits per heavy atom. The fourth-order valence-corrected chi connectivity index (χ4v) is 5.33. The second kappa shape index (κ2) is 4.68. The van der Waals surface area contributed by atoms with E-state index >= 15 is 0 Å². The van der Waals surface area contributed by atoms with Crippen molar-refractivity contribution in [2.45, 2.75) is 17.4 Å². The number of carbonyl (C=O) groups excluding carboxylic acids is 1. The molecular weight excluding hydrogens is 234 g/mol. The molecule has 2 rings (SSSR count). The average molecular weight is 245 g/mol. The number of hydrogen-bond acceptors (Lipinski definition) is 5. The summed E-state index contributed by atoms with van der Waals surface area (Å²) in [4.78, 5) is 14.8. The molecule has 2 nitrogen and oxygen atoms in total. The molecule has 1 aromatic heterocycles. The Hall–Kier alpha value is -0.0000000000000000833. The van der Waals surface area contributed by atoms with Gasteiger partial charge < -0.3 is 0 Å². The van der Waals surface area contributed by atoms with Gasteiger partial charge in [0.1, 0.15) is 10.7 Å². The minimum absolute atomic E-state index is 0.479. The van der Waals surface area contributed by atoms with Crippen molar-refractivity contribution >= 4 is 41.1 Å². The van der Waals surface area contributed by atoms with Crippen molar-refractivity contribution in [1.29, 1.82) is 0 Å². The lowest BCUT2D eigenvalue weighted by atomic mass is 10.3. The highest BCUT2D eigenvalue weighted by molar-refractivity contribution is 8.06. The summed E-state index contributed by atoms with van der Waals surface area (Å²) in [6.07, 6.45) is 0.825. The number of aldehydes is 1. The maximum absolute atomic E-state index is 10.5. The number of thiazole rings is 1. The predicted octanol–water partition coefficient (Wildman–Crippen LogP) is 2.87. The smallest absolute Gasteiger partial charge is 0.169 e. The van der Waals surface area contributed by atoms with Crippen LogP contribution in [-0.2, 0) is 0 Å². The van der Waals surface area contributed by atoms with Gasteiger partial charge in [0.05, 0.1) is 5.25 Å². The second-order valence-electron chi connectivity index (χ2n) is 3.10. The highest BCUT2D eigenvalue weighted by Crippen LogP contribution is 2.43. The van der Waals surface area contributed by atoms with Gasteiger partial charge in [-0.05, 0) is 0 Å². The van der Waals surface area contributed by atoms with Crippen LogP contribution in [0.25, 0.3) is 0 Å². The van der Waals surface area contributed by atoms with Crippen molar-refractivity contribution in [3.8, 4) is 0 Å². The highest BCUT2D eigenvalue weighted by atomic mass is 32.2. The molecule has 1 aromatic rings. The molecule has 14 heavy (non-hydrogen) atoms. The van der Waals surface area contributed by atoms with Gasteiger partial charge in [-0.3, -0.25) is 4.79 Å². The molecule has 0 bridgehead atoms. The molecule has 0 spiro atoms. The molecule has 76 valence electrons. The standard InChI is InChI=1S/C9H11NOS3/c1-6-8(13-3-2-12-6)9-10-7(4-11)5-14-9/h4-6,8H,2-3H2,1H3. The summed E-state index contributed by atoms with van der Waals surface area (Å²) >= 11 is 5.56. The number of hydrogen-bond donors (Lipinski definition) is 0. The number of rotatable bonds is 2. The average Bonchev–Trinajstić information content (AvgIpc) is 2.67. The van der Waals surface area contributed by atoms with Crippen molar-refractivity contribution in [2.75, 3.05) is 11.5 Å². The third-order valence-electron chi connectivity index (χ3n) is 2.09. The molecule has 0 saturated carbocycles. The van der Waals surface area contributed by atoms with Gasteiger partial charge in [-0.1, -0.05) is 6.92 Å². The van der Waals surface area contributed by atoms with E-state index in [1.54, 1.807) is 11.3 Å². The van der Waals surface area contributed by atoms with E-state index < -0.39 is 0 Å². The first-order valence-electron chi connectivity index (χ1n) is 4.45. The molecule has 2 unspecified atom stereocenters.